The monoisotopic (exact) mass is 695 g/mol. The molecule has 0 aliphatic heterocycles. The van der Waals surface area contributed by atoms with Gasteiger partial charge in [-0.3, -0.25) is 0 Å². The van der Waals surface area contributed by atoms with Gasteiger partial charge >= 0.3 is 29.4 Å². The normalized spacial score (nSPS) is 12.9. The molecule has 4 nitrogen and oxygen atoms in total. The number of hydrogen-bond acceptors (Lipinski definition) is 6. The van der Waals surface area contributed by atoms with Gasteiger partial charge < -0.3 is 10.2 Å². The third-order valence-electron chi connectivity index (χ3n) is 4.33. The van der Waals surface area contributed by atoms with Crippen LogP contribution in [0.3, 0.4) is 0 Å². The van der Waals surface area contributed by atoms with Crippen LogP contribution in [0, 0.1) is 46.5 Å². The van der Waals surface area contributed by atoms with Crippen molar-refractivity contribution in [3.05, 3.63) is 68.1 Å². The third-order valence-corrected chi connectivity index (χ3v) is 6.32. The van der Waals surface area contributed by atoms with Crippen molar-refractivity contribution in [2.45, 2.75) is 12.4 Å². The maximum absolute atomic E-state index is 13.3. The van der Waals surface area contributed by atoms with Crippen LogP contribution in [0.1, 0.15) is 10.0 Å². The van der Waals surface area contributed by atoms with Crippen LogP contribution in [0.4, 0.5) is 61.5 Å². The number of benzene rings is 2. The predicted molar refractivity (Wildman–Crippen MR) is 107 cm³/mol. The van der Waals surface area contributed by atoms with E-state index in [1.165, 1.54) is 0 Å². The van der Waals surface area contributed by atoms with Crippen molar-refractivity contribution in [1.29, 1.82) is 0 Å². The number of thiazole rings is 2. The SMILES string of the molecule is [Cu+2].[O-]/C(=C\c1nc2c(F)c(F)c(F)c(F)c2s1)C(F)(F)F.[O-]/C(=C\c1nc2c(F)c(F)c(F)c(F)c2s1)C(F)(F)F. The molecule has 225 valence electrons. The fraction of sp³-hybridized carbons (Fsp3) is 0.100. The van der Waals surface area contributed by atoms with Crippen molar-refractivity contribution < 1.29 is 88.7 Å². The smallest absolute Gasteiger partial charge is 0.869 e. The quantitative estimate of drug-likeness (QED) is 0.0820. The summed E-state index contributed by atoms with van der Waals surface area (Å²) in [4.78, 5) is 6.30. The molecule has 0 bridgehead atoms. The predicted octanol–water partition coefficient (Wildman–Crippen LogP) is 6.23. The Labute approximate surface area is 234 Å². The first-order chi connectivity index (χ1) is 18.2. The Bertz CT molecular complexity index is 1480. The number of rotatable bonds is 2. The molecule has 4 aromatic rings. The molecule has 2 heterocycles. The number of alkyl halides is 6. The molecule has 2 aromatic carbocycles. The first-order valence-electron chi connectivity index (χ1n) is 9.42. The van der Waals surface area contributed by atoms with Crippen LogP contribution in [0.25, 0.3) is 32.6 Å². The number of nitrogens with zero attached hydrogens (tertiary/aromatic N) is 2. The molecular weight excluding hydrogens is 694 g/mol. The molecule has 0 amide bonds. The van der Waals surface area contributed by atoms with Crippen molar-refractivity contribution in [3.8, 4) is 0 Å². The summed E-state index contributed by atoms with van der Waals surface area (Å²) in [5, 5.41) is 19.9. The molecule has 0 aliphatic rings. The number of halogens is 14. The fourth-order valence-electron chi connectivity index (χ4n) is 2.57. The summed E-state index contributed by atoms with van der Waals surface area (Å²) >= 11 is 0.192. The summed E-state index contributed by atoms with van der Waals surface area (Å²) in [6.07, 6.45) is -10.4. The molecule has 0 aliphatic carbocycles. The number of fused-ring (bicyclic) bond motifs is 2. The third kappa shape index (κ3) is 6.84. The van der Waals surface area contributed by atoms with Crippen LogP contribution in [0.15, 0.2) is 11.5 Å². The molecule has 0 spiro atoms. The molecule has 4 rings (SSSR count). The Morgan fingerprint density at radius 1 is 0.512 bits per heavy atom. The van der Waals surface area contributed by atoms with Crippen molar-refractivity contribution in [2.24, 2.45) is 0 Å². The van der Waals surface area contributed by atoms with E-state index in [-0.39, 0.29) is 51.9 Å². The summed E-state index contributed by atoms with van der Waals surface area (Å²) in [5.41, 5.74) is -1.96. The van der Waals surface area contributed by atoms with E-state index < -0.39 is 101 Å². The summed E-state index contributed by atoms with van der Waals surface area (Å²) in [7, 11) is 0. The van der Waals surface area contributed by atoms with E-state index >= 15 is 0 Å². The van der Waals surface area contributed by atoms with E-state index in [0.717, 1.165) is 0 Å². The van der Waals surface area contributed by atoms with E-state index in [9.17, 15) is 71.7 Å². The Kier molecular flexibility index (Phi) is 9.95. The van der Waals surface area contributed by atoms with Gasteiger partial charge in [0.15, 0.2) is 46.5 Å². The molecule has 1 radical (unpaired) electrons. The second kappa shape index (κ2) is 12.0. The van der Waals surface area contributed by atoms with Gasteiger partial charge in [-0.25, -0.2) is 45.1 Å². The van der Waals surface area contributed by atoms with Gasteiger partial charge in [0.1, 0.15) is 21.0 Å². The molecule has 0 atom stereocenters. The number of hydrogen-bond donors (Lipinski definition) is 0. The molecule has 0 fully saturated rings. The average Bonchev–Trinajstić information content (AvgIpc) is 3.47. The van der Waals surface area contributed by atoms with E-state index in [1.54, 1.807) is 0 Å². The molecule has 2 aromatic heterocycles. The minimum atomic E-state index is -5.19. The van der Waals surface area contributed by atoms with Gasteiger partial charge in [-0.05, 0) is 23.7 Å². The first-order valence-corrected chi connectivity index (χ1v) is 11.1. The van der Waals surface area contributed by atoms with Crippen LogP contribution in [0.5, 0.6) is 0 Å². The van der Waals surface area contributed by atoms with Gasteiger partial charge in [0.25, 0.3) is 0 Å². The number of allylic oxidation sites excluding steroid dienone is 2. The van der Waals surface area contributed by atoms with Crippen molar-refractivity contribution in [2.75, 3.05) is 0 Å². The Morgan fingerprint density at radius 2 is 0.780 bits per heavy atom. The standard InChI is InChI=1S/2C10H2F7NOS.Cu/c2*11-4-5(12)7(14)9-8(6(4)13)18-3(20-9)1-2(19)10(15,16)17;/h2*1,19H;/q;;+2/p-2/b2*2-1-;. The Hall–Kier alpha value is -3.16. The van der Waals surface area contributed by atoms with Crippen LogP contribution >= 0.6 is 22.7 Å². The molecule has 21 heteroatoms. The van der Waals surface area contributed by atoms with E-state index in [2.05, 4.69) is 9.97 Å². The molecule has 0 unspecified atom stereocenters. The summed E-state index contributed by atoms with van der Waals surface area (Å²) in [6, 6.07) is 0. The van der Waals surface area contributed by atoms with Crippen LogP contribution < -0.4 is 10.2 Å². The minimum Gasteiger partial charge on any atom is -0.869 e. The van der Waals surface area contributed by atoms with Gasteiger partial charge in [-0.2, -0.15) is 26.3 Å². The molecule has 0 saturated carbocycles. The summed E-state index contributed by atoms with van der Waals surface area (Å²) in [5.74, 6) is -20.3. The fourth-order valence-corrected chi connectivity index (χ4v) is 4.42. The van der Waals surface area contributed by atoms with Crippen LogP contribution in [-0.2, 0) is 17.1 Å². The van der Waals surface area contributed by atoms with Crippen LogP contribution in [0.2, 0.25) is 0 Å². The van der Waals surface area contributed by atoms with E-state index in [4.69, 9.17) is 0 Å². The molecular formula is C20H2CuF14N2O2S2. The molecule has 0 N–H and O–H groups in total. The molecule has 41 heavy (non-hydrogen) atoms. The van der Waals surface area contributed by atoms with Crippen molar-refractivity contribution >= 4 is 55.3 Å². The zero-order valence-corrected chi connectivity index (χ0v) is 20.8. The average molecular weight is 696 g/mol. The first kappa shape index (κ1) is 34.0. The second-order valence-electron chi connectivity index (χ2n) is 6.98. The van der Waals surface area contributed by atoms with Crippen LogP contribution in [-0.4, -0.2) is 22.3 Å². The van der Waals surface area contributed by atoms with Crippen molar-refractivity contribution in [1.82, 2.24) is 9.97 Å². The van der Waals surface area contributed by atoms with Crippen molar-refractivity contribution in [3.63, 3.8) is 0 Å². The van der Waals surface area contributed by atoms with E-state index in [0.29, 0.717) is 0 Å². The maximum Gasteiger partial charge on any atom is 2.00 e. The summed E-state index contributed by atoms with van der Waals surface area (Å²) < 4.78 is 175. The van der Waals surface area contributed by atoms with Gasteiger partial charge in [-0.15, -0.1) is 22.7 Å². The number of aromatic nitrogens is 2. The van der Waals surface area contributed by atoms with Gasteiger partial charge in [0, 0.05) is 0 Å². The second-order valence-corrected chi connectivity index (χ2v) is 9.05. The Balaban J connectivity index is 0.000000280. The zero-order chi connectivity index (χ0) is 30.5. The van der Waals surface area contributed by atoms with Gasteiger partial charge in [0.2, 0.25) is 0 Å². The van der Waals surface area contributed by atoms with E-state index in [1.807, 2.05) is 0 Å². The van der Waals surface area contributed by atoms with Gasteiger partial charge in [0.05, 0.1) is 9.40 Å². The van der Waals surface area contributed by atoms with Gasteiger partial charge in [-0.1, -0.05) is 0 Å². The Morgan fingerprint density at radius 3 is 1.05 bits per heavy atom. The minimum absolute atomic E-state index is 0. The largest absolute Gasteiger partial charge is 2.00 e. The summed E-state index contributed by atoms with van der Waals surface area (Å²) in [6.45, 7) is 0. The zero-order valence-electron chi connectivity index (χ0n) is 18.3. The topological polar surface area (TPSA) is 71.9 Å². The maximum atomic E-state index is 13.3. The molecule has 0 saturated heterocycles.